The number of amides is 2. The predicted molar refractivity (Wildman–Crippen MR) is 99.1 cm³/mol. The maximum absolute atomic E-state index is 14.0. The first-order valence-corrected chi connectivity index (χ1v) is 9.47. The lowest BCUT2D eigenvalue weighted by molar-refractivity contribution is 0.185. The zero-order valence-corrected chi connectivity index (χ0v) is 15.1. The minimum Gasteiger partial charge on any atom is -0.337 e. The molecular weight excluding hydrogens is 331 g/mol. The van der Waals surface area contributed by atoms with Crippen molar-refractivity contribution in [2.75, 3.05) is 6.54 Å². The molecule has 1 N–H and O–H groups in total. The summed E-state index contributed by atoms with van der Waals surface area (Å²) >= 11 is 0. The molecule has 0 atom stereocenters. The second kappa shape index (κ2) is 9.36. The van der Waals surface area contributed by atoms with Gasteiger partial charge in [0, 0.05) is 37.1 Å². The Balaban J connectivity index is 1.61. The van der Waals surface area contributed by atoms with E-state index in [9.17, 15) is 9.18 Å². The van der Waals surface area contributed by atoms with Crippen molar-refractivity contribution in [2.45, 2.75) is 57.7 Å². The van der Waals surface area contributed by atoms with Crippen LogP contribution in [0.25, 0.3) is 0 Å². The molecule has 0 saturated heterocycles. The van der Waals surface area contributed by atoms with Crippen molar-refractivity contribution < 1.29 is 9.18 Å². The number of hydrogen-bond acceptors (Lipinski definition) is 2. The third kappa shape index (κ3) is 5.31. The fraction of sp³-hybridized carbons (Fsp3) is 0.500. The highest BCUT2D eigenvalue weighted by Crippen LogP contribution is 2.18. The van der Waals surface area contributed by atoms with Crippen molar-refractivity contribution in [1.29, 1.82) is 0 Å². The number of carbonyl (C=O) groups excluding carboxylic acids is 1. The van der Waals surface area contributed by atoms with Crippen LogP contribution in [0.3, 0.4) is 0 Å². The third-order valence-electron chi connectivity index (χ3n) is 4.94. The van der Waals surface area contributed by atoms with E-state index in [2.05, 4.69) is 10.3 Å². The van der Waals surface area contributed by atoms with E-state index in [1.807, 2.05) is 10.8 Å². The van der Waals surface area contributed by atoms with Gasteiger partial charge in [-0.2, -0.15) is 0 Å². The van der Waals surface area contributed by atoms with Crippen molar-refractivity contribution in [3.05, 3.63) is 54.4 Å². The molecule has 0 bridgehead atoms. The number of aromatic nitrogens is 2. The Morgan fingerprint density at radius 1 is 1.27 bits per heavy atom. The Kier molecular flexibility index (Phi) is 6.63. The van der Waals surface area contributed by atoms with Crippen molar-refractivity contribution in [1.82, 2.24) is 19.8 Å². The molecule has 1 saturated carbocycles. The van der Waals surface area contributed by atoms with Crippen LogP contribution in [0.4, 0.5) is 9.18 Å². The summed E-state index contributed by atoms with van der Waals surface area (Å²) in [5, 5.41) is 3.15. The number of hydrogen-bond donors (Lipinski definition) is 1. The van der Waals surface area contributed by atoms with Gasteiger partial charge in [0.05, 0.1) is 12.9 Å². The van der Waals surface area contributed by atoms with Crippen molar-refractivity contribution >= 4 is 6.03 Å². The monoisotopic (exact) mass is 358 g/mol. The van der Waals surface area contributed by atoms with Gasteiger partial charge in [-0.15, -0.1) is 0 Å². The average Bonchev–Trinajstić information content (AvgIpc) is 3.17. The molecule has 1 aromatic heterocycles. The molecule has 1 aromatic carbocycles. The fourth-order valence-electron chi connectivity index (χ4n) is 3.46. The van der Waals surface area contributed by atoms with Crippen LogP contribution in [0.2, 0.25) is 0 Å². The Morgan fingerprint density at radius 3 is 2.81 bits per heavy atom. The van der Waals surface area contributed by atoms with Gasteiger partial charge >= 0.3 is 6.03 Å². The summed E-state index contributed by atoms with van der Waals surface area (Å²) in [6.45, 7) is 1.64. The highest BCUT2D eigenvalue weighted by atomic mass is 19.1. The largest absolute Gasteiger partial charge is 0.337 e. The van der Waals surface area contributed by atoms with E-state index >= 15 is 0 Å². The lowest BCUT2D eigenvalue weighted by atomic mass is 9.96. The molecule has 0 spiro atoms. The second-order valence-electron chi connectivity index (χ2n) is 6.95. The Morgan fingerprint density at radius 2 is 2.08 bits per heavy atom. The number of halogens is 1. The summed E-state index contributed by atoms with van der Waals surface area (Å²) in [7, 11) is 0. The SMILES string of the molecule is O=C(NC1CCCCC1)N(CCCn1ccnc1)Cc1ccccc1F. The van der Waals surface area contributed by atoms with Crippen LogP contribution in [0, 0.1) is 5.82 Å². The molecule has 1 fully saturated rings. The first kappa shape index (κ1) is 18.4. The van der Waals surface area contributed by atoms with Crippen LogP contribution >= 0.6 is 0 Å². The maximum atomic E-state index is 14.0. The fourth-order valence-corrected chi connectivity index (χ4v) is 3.46. The van der Waals surface area contributed by atoms with E-state index < -0.39 is 0 Å². The molecule has 26 heavy (non-hydrogen) atoms. The van der Waals surface area contributed by atoms with Gasteiger partial charge in [0.2, 0.25) is 0 Å². The van der Waals surface area contributed by atoms with Gasteiger partial charge in [0.25, 0.3) is 0 Å². The second-order valence-corrected chi connectivity index (χ2v) is 6.95. The molecule has 1 aliphatic carbocycles. The van der Waals surface area contributed by atoms with E-state index in [1.54, 1.807) is 35.6 Å². The Labute approximate surface area is 154 Å². The topological polar surface area (TPSA) is 50.2 Å². The number of urea groups is 1. The summed E-state index contributed by atoms with van der Waals surface area (Å²) < 4.78 is 16.0. The molecule has 0 aliphatic heterocycles. The Bertz CT molecular complexity index is 683. The molecule has 0 radical (unpaired) electrons. The maximum Gasteiger partial charge on any atom is 0.317 e. The number of imidazole rings is 1. The first-order valence-electron chi connectivity index (χ1n) is 9.47. The molecule has 1 heterocycles. The van der Waals surface area contributed by atoms with Crippen LogP contribution in [0.5, 0.6) is 0 Å². The van der Waals surface area contributed by atoms with Crippen molar-refractivity contribution in [3.63, 3.8) is 0 Å². The first-order chi connectivity index (χ1) is 12.7. The minimum absolute atomic E-state index is 0.0919. The lowest BCUT2D eigenvalue weighted by Crippen LogP contribution is -2.45. The molecule has 2 amide bonds. The molecule has 5 nitrogen and oxygen atoms in total. The molecule has 6 heteroatoms. The Hall–Kier alpha value is -2.37. The van der Waals surface area contributed by atoms with Crippen molar-refractivity contribution in [2.24, 2.45) is 0 Å². The van der Waals surface area contributed by atoms with E-state index in [4.69, 9.17) is 0 Å². The standard InChI is InChI=1S/C20H27FN4O/c21-19-10-5-4-7-17(19)15-25(13-6-12-24-14-11-22-16-24)20(26)23-18-8-2-1-3-9-18/h4-5,7,10-11,14,16,18H,1-3,6,8-9,12-13,15H2,(H,23,26). The number of benzene rings is 1. The summed E-state index contributed by atoms with van der Waals surface area (Å²) in [6.07, 6.45) is 11.9. The number of nitrogens with one attached hydrogen (secondary N) is 1. The summed E-state index contributed by atoms with van der Waals surface area (Å²) in [6, 6.07) is 6.81. The van der Waals surface area contributed by atoms with E-state index in [-0.39, 0.29) is 24.4 Å². The molecule has 0 unspecified atom stereocenters. The van der Waals surface area contributed by atoms with E-state index in [1.165, 1.54) is 25.3 Å². The van der Waals surface area contributed by atoms with Crippen LogP contribution in [-0.4, -0.2) is 33.1 Å². The molecule has 3 rings (SSSR count). The van der Waals surface area contributed by atoms with Gasteiger partial charge in [0.15, 0.2) is 0 Å². The normalized spacial score (nSPS) is 15.0. The van der Waals surface area contributed by atoms with Gasteiger partial charge in [-0.1, -0.05) is 37.5 Å². The van der Waals surface area contributed by atoms with Crippen LogP contribution < -0.4 is 5.32 Å². The summed E-state index contributed by atoms with van der Waals surface area (Å²) in [5.41, 5.74) is 0.550. The molecular formula is C20H27FN4O. The number of nitrogens with zero attached hydrogens (tertiary/aromatic N) is 3. The van der Waals surface area contributed by atoms with Crippen LogP contribution in [0.1, 0.15) is 44.1 Å². The predicted octanol–water partition coefficient (Wildman–Crippen LogP) is 3.96. The highest BCUT2D eigenvalue weighted by molar-refractivity contribution is 5.74. The number of rotatable bonds is 7. The number of aryl methyl sites for hydroxylation is 1. The quantitative estimate of drug-likeness (QED) is 0.814. The van der Waals surface area contributed by atoms with E-state index in [0.29, 0.717) is 12.1 Å². The van der Waals surface area contributed by atoms with Gasteiger partial charge in [-0.25, -0.2) is 14.2 Å². The van der Waals surface area contributed by atoms with E-state index in [0.717, 1.165) is 25.8 Å². The molecule has 140 valence electrons. The summed E-state index contributed by atoms with van der Waals surface area (Å²) in [4.78, 5) is 18.6. The third-order valence-corrected chi connectivity index (χ3v) is 4.94. The zero-order valence-electron chi connectivity index (χ0n) is 15.1. The lowest BCUT2D eigenvalue weighted by Gasteiger charge is -2.28. The van der Waals surface area contributed by atoms with Gasteiger partial charge in [0.1, 0.15) is 5.82 Å². The molecule has 2 aromatic rings. The van der Waals surface area contributed by atoms with Crippen molar-refractivity contribution in [3.8, 4) is 0 Å². The van der Waals surface area contributed by atoms with Gasteiger partial charge in [-0.05, 0) is 25.3 Å². The van der Waals surface area contributed by atoms with Crippen LogP contribution in [-0.2, 0) is 13.1 Å². The minimum atomic E-state index is -0.266. The average molecular weight is 358 g/mol. The molecule has 1 aliphatic rings. The zero-order chi connectivity index (χ0) is 18.2. The smallest absolute Gasteiger partial charge is 0.317 e. The van der Waals surface area contributed by atoms with Gasteiger partial charge < -0.3 is 14.8 Å². The highest BCUT2D eigenvalue weighted by Gasteiger charge is 2.20. The van der Waals surface area contributed by atoms with Crippen LogP contribution in [0.15, 0.2) is 43.0 Å². The van der Waals surface area contributed by atoms with Gasteiger partial charge in [-0.3, -0.25) is 0 Å². The summed E-state index contributed by atoms with van der Waals surface area (Å²) in [5.74, 6) is -0.266. The number of carbonyl (C=O) groups is 1.